The summed E-state index contributed by atoms with van der Waals surface area (Å²) >= 11 is 0. The number of rotatable bonds is 2. The summed E-state index contributed by atoms with van der Waals surface area (Å²) in [5.74, 6) is 0.856. The third-order valence-electron chi connectivity index (χ3n) is 2.07. The molecule has 0 spiro atoms. The van der Waals surface area contributed by atoms with Crippen LogP contribution in [-0.4, -0.2) is 6.61 Å². The lowest BCUT2D eigenvalue weighted by Gasteiger charge is -2.14. The van der Waals surface area contributed by atoms with Crippen molar-refractivity contribution in [2.75, 3.05) is 18.1 Å². The van der Waals surface area contributed by atoms with E-state index in [1.165, 1.54) is 0 Å². The van der Waals surface area contributed by atoms with E-state index in [4.69, 9.17) is 16.2 Å². The lowest BCUT2D eigenvalue weighted by atomic mass is 10.1. The Labute approximate surface area is 78.7 Å². The van der Waals surface area contributed by atoms with Crippen molar-refractivity contribution >= 4 is 11.4 Å². The van der Waals surface area contributed by atoms with Crippen LogP contribution in [0.3, 0.4) is 0 Å². The summed E-state index contributed by atoms with van der Waals surface area (Å²) in [6.07, 6.45) is 0. The molecule has 0 saturated carbocycles. The number of ether oxygens (including phenoxy) is 1. The minimum absolute atomic E-state index is 0.619. The summed E-state index contributed by atoms with van der Waals surface area (Å²) in [6, 6.07) is 1.84. The Kier molecular flexibility index (Phi) is 2.66. The van der Waals surface area contributed by atoms with Gasteiger partial charge in [-0.1, -0.05) is 0 Å². The number of nitrogens with two attached hydrogens (primary N) is 2. The molecule has 72 valence electrons. The Bertz CT molecular complexity index is 321. The predicted molar refractivity (Wildman–Crippen MR) is 55.9 cm³/mol. The lowest BCUT2D eigenvalue weighted by molar-refractivity contribution is 0.336. The van der Waals surface area contributed by atoms with Gasteiger partial charge in [-0.2, -0.15) is 0 Å². The van der Waals surface area contributed by atoms with Crippen molar-refractivity contribution < 1.29 is 4.74 Å². The third kappa shape index (κ3) is 1.69. The number of hydrogen-bond donors (Lipinski definition) is 2. The van der Waals surface area contributed by atoms with E-state index in [1.807, 2.05) is 26.8 Å². The first-order valence-electron chi connectivity index (χ1n) is 4.35. The molecule has 1 rings (SSSR count). The molecule has 0 atom stereocenters. The van der Waals surface area contributed by atoms with Gasteiger partial charge < -0.3 is 16.2 Å². The average Bonchev–Trinajstić information content (AvgIpc) is 2.09. The van der Waals surface area contributed by atoms with Crippen LogP contribution < -0.4 is 16.2 Å². The van der Waals surface area contributed by atoms with Crippen LogP contribution in [0.25, 0.3) is 0 Å². The van der Waals surface area contributed by atoms with E-state index in [9.17, 15) is 0 Å². The molecule has 0 aromatic heterocycles. The summed E-state index contributed by atoms with van der Waals surface area (Å²) in [6.45, 7) is 6.48. The second-order valence-electron chi connectivity index (χ2n) is 3.08. The van der Waals surface area contributed by atoms with Gasteiger partial charge in [0, 0.05) is 5.56 Å². The maximum Gasteiger partial charge on any atom is 0.127 e. The van der Waals surface area contributed by atoms with Gasteiger partial charge in [0.25, 0.3) is 0 Å². The summed E-state index contributed by atoms with van der Waals surface area (Å²) in [5, 5.41) is 0. The smallest absolute Gasteiger partial charge is 0.127 e. The molecule has 0 aliphatic heterocycles. The number of nitrogen functional groups attached to an aromatic ring is 2. The molecule has 13 heavy (non-hydrogen) atoms. The highest BCUT2D eigenvalue weighted by molar-refractivity contribution is 5.72. The third-order valence-corrected chi connectivity index (χ3v) is 2.07. The molecule has 1 aromatic carbocycles. The van der Waals surface area contributed by atoms with Crippen molar-refractivity contribution in [1.29, 1.82) is 0 Å². The number of aryl methyl sites for hydroxylation is 1. The second-order valence-corrected chi connectivity index (χ2v) is 3.08. The van der Waals surface area contributed by atoms with Crippen molar-refractivity contribution in [2.24, 2.45) is 0 Å². The van der Waals surface area contributed by atoms with E-state index < -0.39 is 0 Å². The van der Waals surface area contributed by atoms with Crippen molar-refractivity contribution in [3.63, 3.8) is 0 Å². The van der Waals surface area contributed by atoms with Crippen LogP contribution in [0.5, 0.6) is 5.75 Å². The Morgan fingerprint density at radius 1 is 1.31 bits per heavy atom. The van der Waals surface area contributed by atoms with E-state index >= 15 is 0 Å². The summed E-state index contributed by atoms with van der Waals surface area (Å²) < 4.78 is 5.47. The van der Waals surface area contributed by atoms with Gasteiger partial charge in [0.15, 0.2) is 0 Å². The molecule has 1 aromatic rings. The fraction of sp³-hybridized carbons (Fsp3) is 0.400. The van der Waals surface area contributed by atoms with Gasteiger partial charge in [0.05, 0.1) is 18.0 Å². The molecule has 0 aliphatic rings. The Morgan fingerprint density at radius 2 is 1.92 bits per heavy atom. The van der Waals surface area contributed by atoms with Gasteiger partial charge in [0.2, 0.25) is 0 Å². The molecule has 0 fully saturated rings. The normalized spacial score (nSPS) is 10.1. The SMILES string of the molecule is CCOc1c(C)cc(N)c(N)c1C. The van der Waals surface area contributed by atoms with E-state index in [-0.39, 0.29) is 0 Å². The summed E-state index contributed by atoms with van der Waals surface area (Å²) in [5.41, 5.74) is 14.7. The van der Waals surface area contributed by atoms with Gasteiger partial charge in [-0.15, -0.1) is 0 Å². The molecular weight excluding hydrogens is 164 g/mol. The highest BCUT2D eigenvalue weighted by atomic mass is 16.5. The highest BCUT2D eigenvalue weighted by Crippen LogP contribution is 2.32. The number of hydrogen-bond acceptors (Lipinski definition) is 3. The molecule has 0 saturated heterocycles. The fourth-order valence-corrected chi connectivity index (χ4v) is 1.38. The van der Waals surface area contributed by atoms with E-state index in [0.717, 1.165) is 16.9 Å². The van der Waals surface area contributed by atoms with Crippen molar-refractivity contribution in [2.45, 2.75) is 20.8 Å². The Morgan fingerprint density at radius 3 is 2.46 bits per heavy atom. The summed E-state index contributed by atoms with van der Waals surface area (Å²) in [7, 11) is 0. The first-order chi connectivity index (χ1) is 6.07. The average molecular weight is 180 g/mol. The second kappa shape index (κ2) is 3.56. The van der Waals surface area contributed by atoms with Crippen LogP contribution in [0, 0.1) is 13.8 Å². The molecule has 0 aliphatic carbocycles. The van der Waals surface area contributed by atoms with Crippen molar-refractivity contribution in [3.8, 4) is 5.75 Å². The predicted octanol–water partition coefficient (Wildman–Crippen LogP) is 1.87. The molecule has 3 heteroatoms. The van der Waals surface area contributed by atoms with Crippen LogP contribution in [0.4, 0.5) is 11.4 Å². The van der Waals surface area contributed by atoms with E-state index in [1.54, 1.807) is 0 Å². The number of anilines is 2. The summed E-state index contributed by atoms with van der Waals surface area (Å²) in [4.78, 5) is 0. The first kappa shape index (κ1) is 9.71. The fourth-order valence-electron chi connectivity index (χ4n) is 1.38. The number of benzene rings is 1. The van der Waals surface area contributed by atoms with Crippen molar-refractivity contribution in [1.82, 2.24) is 0 Å². The monoisotopic (exact) mass is 180 g/mol. The molecule has 0 radical (unpaired) electrons. The zero-order valence-corrected chi connectivity index (χ0v) is 8.35. The minimum Gasteiger partial charge on any atom is -0.493 e. The zero-order valence-electron chi connectivity index (χ0n) is 8.35. The van der Waals surface area contributed by atoms with Crippen LogP contribution in [0.2, 0.25) is 0 Å². The maximum atomic E-state index is 5.78. The van der Waals surface area contributed by atoms with Gasteiger partial charge in [0.1, 0.15) is 5.75 Å². The van der Waals surface area contributed by atoms with Gasteiger partial charge >= 0.3 is 0 Å². The quantitative estimate of drug-likeness (QED) is 0.683. The highest BCUT2D eigenvalue weighted by Gasteiger charge is 2.09. The molecular formula is C10H16N2O. The minimum atomic E-state index is 0.619. The Hall–Kier alpha value is -1.38. The maximum absolute atomic E-state index is 5.78. The first-order valence-corrected chi connectivity index (χ1v) is 4.35. The zero-order chi connectivity index (χ0) is 10.0. The van der Waals surface area contributed by atoms with Crippen molar-refractivity contribution in [3.05, 3.63) is 17.2 Å². The topological polar surface area (TPSA) is 61.3 Å². The van der Waals surface area contributed by atoms with Crippen LogP contribution in [-0.2, 0) is 0 Å². The van der Waals surface area contributed by atoms with E-state index in [2.05, 4.69) is 0 Å². The van der Waals surface area contributed by atoms with Gasteiger partial charge in [-0.3, -0.25) is 0 Å². The lowest BCUT2D eigenvalue weighted by Crippen LogP contribution is -2.03. The largest absolute Gasteiger partial charge is 0.493 e. The van der Waals surface area contributed by atoms with Gasteiger partial charge in [-0.05, 0) is 32.4 Å². The molecule has 0 bridgehead atoms. The van der Waals surface area contributed by atoms with Crippen LogP contribution in [0.15, 0.2) is 6.07 Å². The Balaban J connectivity index is 3.26. The molecule has 0 unspecified atom stereocenters. The van der Waals surface area contributed by atoms with Crippen LogP contribution in [0.1, 0.15) is 18.1 Å². The standard InChI is InChI=1S/C10H16N2O/c1-4-13-10-6(2)5-8(11)9(12)7(10)3/h5H,4,11-12H2,1-3H3. The molecule has 4 N–H and O–H groups in total. The van der Waals surface area contributed by atoms with E-state index in [0.29, 0.717) is 18.0 Å². The molecule has 3 nitrogen and oxygen atoms in total. The van der Waals surface area contributed by atoms with Crippen LogP contribution >= 0.6 is 0 Å². The molecule has 0 heterocycles. The van der Waals surface area contributed by atoms with Gasteiger partial charge in [-0.25, -0.2) is 0 Å². The molecule has 0 amide bonds.